The molecule has 1 unspecified atom stereocenters. The van der Waals surface area contributed by atoms with E-state index in [0.29, 0.717) is 19.6 Å². The summed E-state index contributed by atoms with van der Waals surface area (Å²) in [6, 6.07) is 10.5. The fourth-order valence-electron chi connectivity index (χ4n) is 3.13. The first-order chi connectivity index (χ1) is 13.0. The monoisotopic (exact) mass is 389 g/mol. The van der Waals surface area contributed by atoms with Crippen molar-refractivity contribution in [2.24, 2.45) is 0 Å². The van der Waals surface area contributed by atoms with Crippen molar-refractivity contribution < 1.29 is 17.9 Å². The fourth-order valence-corrected chi connectivity index (χ4v) is 4.69. The van der Waals surface area contributed by atoms with Crippen LogP contribution in [0.15, 0.2) is 47.5 Å². The second-order valence-electron chi connectivity index (χ2n) is 6.30. The van der Waals surface area contributed by atoms with Gasteiger partial charge in [-0.05, 0) is 29.7 Å². The third-order valence-electron chi connectivity index (χ3n) is 4.70. The Bertz CT molecular complexity index is 896. The van der Waals surface area contributed by atoms with E-state index in [2.05, 4.69) is 22.0 Å². The topological polar surface area (TPSA) is 88.6 Å². The molecule has 1 aliphatic rings. The molecule has 144 valence electrons. The standard InChI is InChI=1S/C19H23N3O4S/c1-3-14-4-6-15(7-5-14)18-13-20-10-11-22(18)27(24,25)16-8-9-17(21-12-16)19(23)26-2/h4-9,12,18,20H,3,10-11,13H2,1-2H3. The number of aromatic nitrogens is 1. The van der Waals surface area contributed by atoms with Crippen LogP contribution in [0.3, 0.4) is 0 Å². The van der Waals surface area contributed by atoms with E-state index < -0.39 is 16.0 Å². The summed E-state index contributed by atoms with van der Waals surface area (Å²) < 4.78 is 32.5. The Hall–Kier alpha value is -2.29. The molecule has 7 nitrogen and oxygen atoms in total. The van der Waals surface area contributed by atoms with E-state index in [0.717, 1.165) is 12.0 Å². The summed E-state index contributed by atoms with van der Waals surface area (Å²) in [7, 11) is -2.49. The molecule has 2 aromatic rings. The lowest BCUT2D eigenvalue weighted by Gasteiger charge is -2.35. The largest absolute Gasteiger partial charge is 0.464 e. The molecular weight excluding hydrogens is 366 g/mol. The van der Waals surface area contributed by atoms with E-state index in [-0.39, 0.29) is 16.6 Å². The minimum absolute atomic E-state index is 0.0623. The van der Waals surface area contributed by atoms with Gasteiger partial charge in [0.05, 0.1) is 13.2 Å². The number of sulfonamides is 1. The highest BCUT2D eigenvalue weighted by Gasteiger charge is 2.34. The van der Waals surface area contributed by atoms with Crippen molar-refractivity contribution in [3.8, 4) is 0 Å². The van der Waals surface area contributed by atoms with Crippen LogP contribution in [-0.2, 0) is 21.2 Å². The summed E-state index contributed by atoms with van der Waals surface area (Å²) in [5.74, 6) is -0.602. The first kappa shape index (κ1) is 19.5. The summed E-state index contributed by atoms with van der Waals surface area (Å²) >= 11 is 0. The van der Waals surface area contributed by atoms with Gasteiger partial charge in [0.15, 0.2) is 0 Å². The first-order valence-corrected chi connectivity index (χ1v) is 10.3. The number of esters is 1. The summed E-state index contributed by atoms with van der Waals surface area (Å²) in [4.78, 5) is 15.5. The van der Waals surface area contributed by atoms with Crippen LogP contribution in [0.5, 0.6) is 0 Å². The van der Waals surface area contributed by atoms with Crippen molar-refractivity contribution in [3.05, 3.63) is 59.4 Å². The fraction of sp³-hybridized carbons (Fsp3) is 0.368. The number of piperazine rings is 1. The molecular formula is C19H23N3O4S. The Labute approximate surface area is 159 Å². The highest BCUT2D eigenvalue weighted by Crippen LogP contribution is 2.29. The third-order valence-corrected chi connectivity index (χ3v) is 6.60. The van der Waals surface area contributed by atoms with Crippen molar-refractivity contribution in [1.82, 2.24) is 14.6 Å². The molecule has 1 aliphatic heterocycles. The summed E-state index contributed by atoms with van der Waals surface area (Å²) in [6.07, 6.45) is 2.14. The summed E-state index contributed by atoms with van der Waals surface area (Å²) in [5.41, 5.74) is 2.23. The highest BCUT2D eigenvalue weighted by molar-refractivity contribution is 7.89. The maximum atomic E-state index is 13.2. The van der Waals surface area contributed by atoms with Crippen molar-refractivity contribution >= 4 is 16.0 Å². The molecule has 0 radical (unpaired) electrons. The Morgan fingerprint density at radius 3 is 2.59 bits per heavy atom. The van der Waals surface area contributed by atoms with Gasteiger partial charge in [-0.25, -0.2) is 18.2 Å². The Balaban J connectivity index is 1.91. The molecule has 1 aromatic carbocycles. The van der Waals surface area contributed by atoms with Gasteiger partial charge in [-0.3, -0.25) is 0 Å². The quantitative estimate of drug-likeness (QED) is 0.784. The van der Waals surface area contributed by atoms with E-state index in [1.807, 2.05) is 24.3 Å². The zero-order chi connectivity index (χ0) is 19.4. The molecule has 0 bridgehead atoms. The van der Waals surface area contributed by atoms with Crippen molar-refractivity contribution in [1.29, 1.82) is 0 Å². The van der Waals surface area contributed by atoms with E-state index in [9.17, 15) is 13.2 Å². The lowest BCUT2D eigenvalue weighted by atomic mass is 10.0. The smallest absolute Gasteiger partial charge is 0.356 e. The number of benzene rings is 1. The van der Waals surface area contributed by atoms with E-state index in [1.54, 1.807) is 0 Å². The molecule has 27 heavy (non-hydrogen) atoms. The van der Waals surface area contributed by atoms with E-state index in [4.69, 9.17) is 0 Å². The predicted octanol–water partition coefficient (Wildman–Crippen LogP) is 1.77. The Morgan fingerprint density at radius 1 is 1.26 bits per heavy atom. The van der Waals surface area contributed by atoms with Gasteiger partial charge in [0.1, 0.15) is 10.6 Å². The molecule has 0 aliphatic carbocycles. The third kappa shape index (κ3) is 4.02. The van der Waals surface area contributed by atoms with Crippen LogP contribution >= 0.6 is 0 Å². The number of carbonyl (C=O) groups is 1. The molecule has 1 N–H and O–H groups in total. The Kier molecular flexibility index (Phi) is 5.88. The number of carbonyl (C=O) groups excluding carboxylic acids is 1. The Morgan fingerprint density at radius 2 is 2.00 bits per heavy atom. The van der Waals surface area contributed by atoms with Gasteiger partial charge in [-0.15, -0.1) is 0 Å². The minimum Gasteiger partial charge on any atom is -0.464 e. The highest BCUT2D eigenvalue weighted by atomic mass is 32.2. The van der Waals surface area contributed by atoms with Crippen LogP contribution in [0.4, 0.5) is 0 Å². The van der Waals surface area contributed by atoms with Crippen LogP contribution < -0.4 is 5.32 Å². The second-order valence-corrected chi connectivity index (χ2v) is 8.19. The molecule has 1 aromatic heterocycles. The van der Waals surface area contributed by atoms with Crippen LogP contribution in [0.2, 0.25) is 0 Å². The maximum Gasteiger partial charge on any atom is 0.356 e. The van der Waals surface area contributed by atoms with Crippen molar-refractivity contribution in [2.45, 2.75) is 24.3 Å². The summed E-state index contributed by atoms with van der Waals surface area (Å²) in [6.45, 7) is 3.56. The zero-order valence-electron chi connectivity index (χ0n) is 15.4. The maximum absolute atomic E-state index is 13.2. The first-order valence-electron chi connectivity index (χ1n) is 8.83. The number of hydrogen-bond donors (Lipinski definition) is 1. The molecule has 0 saturated carbocycles. The number of nitrogens with one attached hydrogen (secondary N) is 1. The van der Waals surface area contributed by atoms with Gasteiger partial charge in [-0.1, -0.05) is 31.2 Å². The van der Waals surface area contributed by atoms with Crippen molar-refractivity contribution in [2.75, 3.05) is 26.7 Å². The van der Waals surface area contributed by atoms with E-state index in [1.165, 1.54) is 35.3 Å². The van der Waals surface area contributed by atoms with Gasteiger partial charge in [-0.2, -0.15) is 4.31 Å². The number of nitrogens with zero attached hydrogens (tertiary/aromatic N) is 2. The minimum atomic E-state index is -3.75. The zero-order valence-corrected chi connectivity index (χ0v) is 16.2. The lowest BCUT2D eigenvalue weighted by Crippen LogP contribution is -2.48. The molecule has 0 amide bonds. The molecule has 2 heterocycles. The molecule has 8 heteroatoms. The molecule has 1 atom stereocenters. The molecule has 1 saturated heterocycles. The molecule has 0 spiro atoms. The normalized spacial score (nSPS) is 18.2. The molecule has 3 rings (SSSR count). The van der Waals surface area contributed by atoms with Gasteiger partial charge in [0.25, 0.3) is 0 Å². The number of ether oxygens (including phenoxy) is 1. The number of hydrogen-bond acceptors (Lipinski definition) is 6. The SMILES string of the molecule is CCc1ccc(C2CNCCN2S(=O)(=O)c2ccc(C(=O)OC)nc2)cc1. The van der Waals surface area contributed by atoms with Gasteiger partial charge in [0.2, 0.25) is 10.0 Å². The number of aryl methyl sites for hydroxylation is 1. The average molecular weight is 389 g/mol. The number of methoxy groups -OCH3 is 1. The number of rotatable bonds is 5. The number of pyridine rings is 1. The van der Waals surface area contributed by atoms with Crippen LogP contribution in [-0.4, -0.2) is 50.4 Å². The van der Waals surface area contributed by atoms with Gasteiger partial charge >= 0.3 is 5.97 Å². The second kappa shape index (κ2) is 8.16. The van der Waals surface area contributed by atoms with Gasteiger partial charge in [0, 0.05) is 25.8 Å². The predicted molar refractivity (Wildman–Crippen MR) is 101 cm³/mol. The van der Waals surface area contributed by atoms with Crippen molar-refractivity contribution in [3.63, 3.8) is 0 Å². The molecule has 1 fully saturated rings. The summed E-state index contributed by atoms with van der Waals surface area (Å²) in [5, 5.41) is 3.26. The van der Waals surface area contributed by atoms with Crippen LogP contribution in [0, 0.1) is 0 Å². The average Bonchev–Trinajstić information content (AvgIpc) is 2.73. The van der Waals surface area contributed by atoms with E-state index >= 15 is 0 Å². The van der Waals surface area contributed by atoms with Crippen LogP contribution in [0.25, 0.3) is 0 Å². The van der Waals surface area contributed by atoms with Crippen LogP contribution in [0.1, 0.15) is 34.6 Å². The van der Waals surface area contributed by atoms with Gasteiger partial charge < -0.3 is 10.1 Å². The lowest BCUT2D eigenvalue weighted by molar-refractivity contribution is 0.0594.